The monoisotopic (exact) mass is 246 g/mol. The Morgan fingerprint density at radius 1 is 1.22 bits per heavy atom. The van der Waals surface area contributed by atoms with Crippen molar-refractivity contribution in [1.82, 2.24) is 0 Å². The highest BCUT2D eigenvalue weighted by molar-refractivity contribution is 5.45. The van der Waals surface area contributed by atoms with Gasteiger partial charge < -0.3 is 11.1 Å². The van der Waals surface area contributed by atoms with Crippen LogP contribution < -0.4 is 11.1 Å². The van der Waals surface area contributed by atoms with Crippen LogP contribution in [0.1, 0.15) is 45.4 Å². The van der Waals surface area contributed by atoms with Crippen LogP contribution in [-0.2, 0) is 0 Å². The lowest BCUT2D eigenvalue weighted by atomic mass is 9.89. The normalized spacial score (nSPS) is 28.7. The Bertz CT molecular complexity index is 349. The van der Waals surface area contributed by atoms with E-state index >= 15 is 0 Å². The minimum Gasteiger partial charge on any atom is -0.378 e. The molecule has 1 aromatic rings. The molecule has 18 heavy (non-hydrogen) atoms. The van der Waals surface area contributed by atoms with Gasteiger partial charge in [0, 0.05) is 17.8 Å². The fraction of sp³-hybridized carbons (Fsp3) is 0.625. The van der Waals surface area contributed by atoms with Gasteiger partial charge in [0.25, 0.3) is 0 Å². The average molecular weight is 246 g/mol. The second-order valence-electron chi connectivity index (χ2n) is 5.68. The first-order valence-corrected chi connectivity index (χ1v) is 7.31. The quantitative estimate of drug-likeness (QED) is 0.793. The zero-order chi connectivity index (χ0) is 12.8. The zero-order valence-corrected chi connectivity index (χ0v) is 11.5. The second-order valence-corrected chi connectivity index (χ2v) is 5.68. The van der Waals surface area contributed by atoms with Crippen LogP contribution in [0.4, 0.5) is 5.69 Å². The van der Waals surface area contributed by atoms with Gasteiger partial charge in [-0.2, -0.15) is 0 Å². The van der Waals surface area contributed by atoms with Crippen molar-refractivity contribution in [3.8, 4) is 0 Å². The fourth-order valence-electron chi connectivity index (χ4n) is 3.09. The predicted molar refractivity (Wildman–Crippen MR) is 78.7 cm³/mol. The molecule has 0 saturated heterocycles. The Hall–Kier alpha value is -1.02. The maximum absolute atomic E-state index is 6.08. The summed E-state index contributed by atoms with van der Waals surface area (Å²) in [6, 6.07) is 10.5. The van der Waals surface area contributed by atoms with Gasteiger partial charge in [-0.1, -0.05) is 44.4 Å². The van der Waals surface area contributed by atoms with Crippen LogP contribution in [0.15, 0.2) is 30.3 Å². The van der Waals surface area contributed by atoms with Crippen LogP contribution in [0.2, 0.25) is 0 Å². The van der Waals surface area contributed by atoms with Gasteiger partial charge in [-0.3, -0.25) is 0 Å². The Morgan fingerprint density at radius 3 is 2.67 bits per heavy atom. The standard InChI is InChI=1S/C16H26N2/c1-2-14-7-6-11-16(13-17,12-10-14)18-15-8-4-3-5-9-15/h3-5,8-9,14,18H,2,6-7,10-13,17H2,1H3. The molecular weight excluding hydrogens is 220 g/mol. The molecule has 0 spiro atoms. The molecule has 1 fully saturated rings. The molecule has 3 N–H and O–H groups in total. The smallest absolute Gasteiger partial charge is 0.0495 e. The molecule has 0 heterocycles. The number of anilines is 1. The Balaban J connectivity index is 2.06. The van der Waals surface area contributed by atoms with Gasteiger partial charge in [0.1, 0.15) is 0 Å². The van der Waals surface area contributed by atoms with Crippen LogP contribution in [0.5, 0.6) is 0 Å². The van der Waals surface area contributed by atoms with Crippen molar-refractivity contribution >= 4 is 5.69 Å². The second kappa shape index (κ2) is 6.24. The van der Waals surface area contributed by atoms with E-state index in [9.17, 15) is 0 Å². The van der Waals surface area contributed by atoms with E-state index in [0.29, 0.717) is 0 Å². The third-order valence-electron chi connectivity index (χ3n) is 4.45. The molecule has 2 heteroatoms. The van der Waals surface area contributed by atoms with Crippen LogP contribution in [0, 0.1) is 5.92 Å². The summed E-state index contributed by atoms with van der Waals surface area (Å²) >= 11 is 0. The fourth-order valence-corrected chi connectivity index (χ4v) is 3.09. The van der Waals surface area contributed by atoms with Crippen LogP contribution >= 0.6 is 0 Å². The van der Waals surface area contributed by atoms with E-state index in [1.807, 2.05) is 0 Å². The first kappa shape index (κ1) is 13.4. The zero-order valence-electron chi connectivity index (χ0n) is 11.5. The summed E-state index contributed by atoms with van der Waals surface area (Å²) in [5, 5.41) is 3.70. The van der Waals surface area contributed by atoms with E-state index in [1.54, 1.807) is 0 Å². The molecule has 2 nitrogen and oxygen atoms in total. The van der Waals surface area contributed by atoms with Crippen LogP contribution in [0.3, 0.4) is 0 Å². The number of nitrogens with one attached hydrogen (secondary N) is 1. The SMILES string of the molecule is CCC1CCCC(CN)(Nc2ccccc2)CC1. The average Bonchev–Trinajstić information content (AvgIpc) is 2.63. The summed E-state index contributed by atoms with van der Waals surface area (Å²) in [4.78, 5) is 0. The van der Waals surface area contributed by atoms with Crippen molar-refractivity contribution in [3.05, 3.63) is 30.3 Å². The maximum atomic E-state index is 6.08. The molecular formula is C16H26N2. The molecule has 0 aromatic heterocycles. The van der Waals surface area contributed by atoms with Crippen molar-refractivity contribution in [2.24, 2.45) is 11.7 Å². The maximum Gasteiger partial charge on any atom is 0.0495 e. The lowest BCUT2D eigenvalue weighted by Crippen LogP contribution is -2.45. The van der Waals surface area contributed by atoms with E-state index < -0.39 is 0 Å². The summed E-state index contributed by atoms with van der Waals surface area (Å²) < 4.78 is 0. The van der Waals surface area contributed by atoms with Gasteiger partial charge in [-0.25, -0.2) is 0 Å². The van der Waals surface area contributed by atoms with Crippen molar-refractivity contribution in [2.45, 2.75) is 51.0 Å². The van der Waals surface area contributed by atoms with E-state index in [2.05, 4.69) is 42.6 Å². The topological polar surface area (TPSA) is 38.0 Å². The summed E-state index contributed by atoms with van der Waals surface area (Å²) in [5.74, 6) is 0.899. The van der Waals surface area contributed by atoms with E-state index in [0.717, 1.165) is 12.5 Å². The van der Waals surface area contributed by atoms with Gasteiger partial charge in [-0.15, -0.1) is 0 Å². The minimum atomic E-state index is 0.116. The summed E-state index contributed by atoms with van der Waals surface area (Å²) in [5.41, 5.74) is 7.40. The van der Waals surface area contributed by atoms with E-state index in [4.69, 9.17) is 5.73 Å². The Kier molecular flexibility index (Phi) is 4.65. The highest BCUT2D eigenvalue weighted by Crippen LogP contribution is 2.33. The summed E-state index contributed by atoms with van der Waals surface area (Å²) in [7, 11) is 0. The number of benzene rings is 1. The number of hydrogen-bond donors (Lipinski definition) is 2. The van der Waals surface area contributed by atoms with Crippen LogP contribution in [0.25, 0.3) is 0 Å². The number of nitrogens with two attached hydrogens (primary N) is 1. The van der Waals surface area contributed by atoms with E-state index in [-0.39, 0.29) is 5.54 Å². The number of hydrogen-bond acceptors (Lipinski definition) is 2. The summed E-state index contributed by atoms with van der Waals surface area (Å²) in [6.45, 7) is 3.04. The van der Waals surface area contributed by atoms with Gasteiger partial charge in [0.05, 0.1) is 0 Å². The molecule has 2 rings (SSSR count). The molecule has 2 atom stereocenters. The van der Waals surface area contributed by atoms with Crippen LogP contribution in [-0.4, -0.2) is 12.1 Å². The van der Waals surface area contributed by atoms with Gasteiger partial charge in [0.2, 0.25) is 0 Å². The third-order valence-corrected chi connectivity index (χ3v) is 4.45. The molecule has 1 aliphatic carbocycles. The predicted octanol–water partition coefficient (Wildman–Crippen LogP) is 3.79. The molecule has 1 aromatic carbocycles. The molecule has 0 amide bonds. The van der Waals surface area contributed by atoms with Gasteiger partial charge >= 0.3 is 0 Å². The molecule has 100 valence electrons. The lowest BCUT2D eigenvalue weighted by Gasteiger charge is -2.34. The molecule has 0 radical (unpaired) electrons. The van der Waals surface area contributed by atoms with Gasteiger partial charge in [0.15, 0.2) is 0 Å². The molecule has 1 aliphatic rings. The van der Waals surface area contributed by atoms with Crippen molar-refractivity contribution in [3.63, 3.8) is 0 Å². The first-order valence-electron chi connectivity index (χ1n) is 7.31. The molecule has 1 saturated carbocycles. The van der Waals surface area contributed by atoms with Crippen molar-refractivity contribution < 1.29 is 0 Å². The Morgan fingerprint density at radius 2 is 2.00 bits per heavy atom. The molecule has 2 unspecified atom stereocenters. The lowest BCUT2D eigenvalue weighted by molar-refractivity contribution is 0.398. The third kappa shape index (κ3) is 3.26. The molecule has 0 bridgehead atoms. The highest BCUT2D eigenvalue weighted by atomic mass is 15.0. The number of rotatable bonds is 4. The van der Waals surface area contributed by atoms with Gasteiger partial charge in [-0.05, 0) is 37.3 Å². The van der Waals surface area contributed by atoms with E-state index in [1.165, 1.54) is 44.2 Å². The highest BCUT2D eigenvalue weighted by Gasteiger charge is 2.31. The first-order chi connectivity index (χ1) is 8.78. The number of para-hydroxylation sites is 1. The van der Waals surface area contributed by atoms with Crippen molar-refractivity contribution in [2.75, 3.05) is 11.9 Å². The Labute approximate surface area is 111 Å². The minimum absolute atomic E-state index is 0.116. The largest absolute Gasteiger partial charge is 0.378 e. The summed E-state index contributed by atoms with van der Waals surface area (Å²) in [6.07, 6.45) is 7.70. The van der Waals surface area contributed by atoms with Crippen molar-refractivity contribution in [1.29, 1.82) is 0 Å². The molecule has 0 aliphatic heterocycles.